The van der Waals surface area contributed by atoms with Gasteiger partial charge in [-0.15, -0.1) is 0 Å². The average molecular weight is 306 g/mol. The summed E-state index contributed by atoms with van der Waals surface area (Å²) in [6, 6.07) is 1.04. The number of hydrogen-bond donors (Lipinski definition) is 1. The molecule has 0 atom stereocenters. The van der Waals surface area contributed by atoms with Crippen molar-refractivity contribution in [3.8, 4) is 0 Å². The van der Waals surface area contributed by atoms with Gasteiger partial charge in [0.05, 0.1) is 11.5 Å². The van der Waals surface area contributed by atoms with Crippen molar-refractivity contribution in [2.75, 3.05) is 6.61 Å². The number of nitrogens with zero attached hydrogens (tertiary/aromatic N) is 1. The molecule has 1 aromatic carbocycles. The van der Waals surface area contributed by atoms with Crippen LogP contribution >= 0.6 is 0 Å². The maximum atomic E-state index is 13.9. The maximum Gasteiger partial charge on any atom is 0.341 e. The van der Waals surface area contributed by atoms with Gasteiger partial charge >= 0.3 is 5.97 Å². The van der Waals surface area contributed by atoms with Gasteiger partial charge < -0.3 is 4.74 Å². The highest BCUT2D eigenvalue weighted by Crippen LogP contribution is 2.25. The van der Waals surface area contributed by atoms with Crippen LogP contribution < -0.4 is 5.14 Å². The summed E-state index contributed by atoms with van der Waals surface area (Å²) in [5, 5.41) is 15.4. The first-order chi connectivity index (χ1) is 9.18. The predicted molar refractivity (Wildman–Crippen MR) is 65.0 cm³/mol. The summed E-state index contributed by atoms with van der Waals surface area (Å²) in [6.45, 7) is 1.65. The molecule has 1 aromatic rings. The summed E-state index contributed by atoms with van der Waals surface area (Å²) >= 11 is 0. The molecular formula is C10H11FN2O6S. The van der Waals surface area contributed by atoms with E-state index < -0.39 is 42.9 Å². The third kappa shape index (κ3) is 3.48. The van der Waals surface area contributed by atoms with Gasteiger partial charge in [0, 0.05) is 12.1 Å². The van der Waals surface area contributed by atoms with E-state index in [-0.39, 0.29) is 6.61 Å². The topological polar surface area (TPSA) is 130 Å². The molecule has 110 valence electrons. The molecule has 0 amide bonds. The van der Waals surface area contributed by atoms with Crippen LogP contribution in [0.4, 0.5) is 10.1 Å². The first-order valence-electron chi connectivity index (χ1n) is 5.36. The lowest BCUT2D eigenvalue weighted by atomic mass is 10.2. The number of nitro groups is 1. The van der Waals surface area contributed by atoms with Crippen LogP contribution in [-0.4, -0.2) is 25.9 Å². The second-order valence-corrected chi connectivity index (χ2v) is 5.27. The van der Waals surface area contributed by atoms with Gasteiger partial charge in [-0.25, -0.2) is 22.7 Å². The maximum absolute atomic E-state index is 13.9. The van der Waals surface area contributed by atoms with Crippen LogP contribution in [0.2, 0.25) is 0 Å². The zero-order valence-corrected chi connectivity index (χ0v) is 11.1. The molecular weight excluding hydrogens is 295 g/mol. The number of hydrogen-bond acceptors (Lipinski definition) is 6. The Hall–Kier alpha value is -2.07. The number of benzene rings is 1. The Morgan fingerprint density at radius 2 is 2.10 bits per heavy atom. The molecule has 0 radical (unpaired) electrons. The number of esters is 1. The lowest BCUT2D eigenvalue weighted by Gasteiger charge is -2.07. The SMILES string of the molecule is CCCOC(=O)c1cc([N+](=O)[O-])cc(S(N)(=O)=O)c1F. The minimum atomic E-state index is -4.55. The Labute approximate surface area is 113 Å². The molecule has 0 saturated heterocycles. The Kier molecular flexibility index (Phi) is 4.73. The quantitative estimate of drug-likeness (QED) is 0.489. The summed E-state index contributed by atoms with van der Waals surface area (Å²) in [5.41, 5.74) is -1.63. The van der Waals surface area contributed by atoms with Crippen molar-refractivity contribution in [2.45, 2.75) is 18.2 Å². The fraction of sp³-hybridized carbons (Fsp3) is 0.300. The number of sulfonamides is 1. The van der Waals surface area contributed by atoms with E-state index in [0.717, 1.165) is 0 Å². The minimum absolute atomic E-state index is 0.0360. The van der Waals surface area contributed by atoms with Crippen molar-refractivity contribution < 1.29 is 27.3 Å². The number of ether oxygens (including phenoxy) is 1. The highest BCUT2D eigenvalue weighted by molar-refractivity contribution is 7.89. The van der Waals surface area contributed by atoms with Gasteiger partial charge in [0.25, 0.3) is 5.69 Å². The van der Waals surface area contributed by atoms with Crippen LogP contribution in [0.15, 0.2) is 17.0 Å². The largest absolute Gasteiger partial charge is 0.462 e. The van der Waals surface area contributed by atoms with E-state index in [0.29, 0.717) is 18.6 Å². The highest BCUT2D eigenvalue weighted by Gasteiger charge is 2.27. The molecule has 0 fully saturated rings. The third-order valence-electron chi connectivity index (χ3n) is 2.20. The molecule has 10 heteroatoms. The molecule has 0 aromatic heterocycles. The molecule has 20 heavy (non-hydrogen) atoms. The zero-order chi connectivity index (χ0) is 15.5. The summed E-state index contributed by atoms with van der Waals surface area (Å²) in [7, 11) is -4.55. The van der Waals surface area contributed by atoms with E-state index in [2.05, 4.69) is 4.74 Å². The smallest absolute Gasteiger partial charge is 0.341 e. The Bertz CT molecular complexity index is 658. The fourth-order valence-corrected chi connectivity index (χ4v) is 1.96. The molecule has 0 spiro atoms. The summed E-state index contributed by atoms with van der Waals surface area (Å²) in [6.07, 6.45) is 0.449. The van der Waals surface area contributed by atoms with Gasteiger partial charge in [-0.1, -0.05) is 6.92 Å². The Morgan fingerprint density at radius 3 is 2.55 bits per heavy atom. The molecule has 8 nitrogen and oxygen atoms in total. The van der Waals surface area contributed by atoms with Gasteiger partial charge in [-0.05, 0) is 6.42 Å². The molecule has 1 rings (SSSR count). The van der Waals surface area contributed by atoms with Crippen LogP contribution in [0.5, 0.6) is 0 Å². The Balaban J connectivity index is 3.47. The van der Waals surface area contributed by atoms with Gasteiger partial charge in [0.2, 0.25) is 10.0 Å². The van der Waals surface area contributed by atoms with Crippen LogP contribution in [-0.2, 0) is 14.8 Å². The predicted octanol–water partition coefficient (Wildman–Crippen LogP) is 0.948. The second-order valence-electron chi connectivity index (χ2n) is 3.74. The van der Waals surface area contributed by atoms with E-state index in [1.165, 1.54) is 0 Å². The number of halogens is 1. The monoisotopic (exact) mass is 306 g/mol. The van der Waals surface area contributed by atoms with Crippen molar-refractivity contribution in [1.82, 2.24) is 0 Å². The molecule has 0 aliphatic carbocycles. The first kappa shape index (κ1) is 16.0. The summed E-state index contributed by atoms with van der Waals surface area (Å²) < 4.78 is 40.9. The number of primary sulfonamides is 1. The van der Waals surface area contributed by atoms with Crippen LogP contribution in [0.3, 0.4) is 0 Å². The lowest BCUT2D eigenvalue weighted by molar-refractivity contribution is -0.385. The van der Waals surface area contributed by atoms with Crippen molar-refractivity contribution in [2.24, 2.45) is 5.14 Å². The molecule has 0 heterocycles. The van der Waals surface area contributed by atoms with Gasteiger partial charge in [0.1, 0.15) is 10.5 Å². The lowest BCUT2D eigenvalue weighted by Crippen LogP contribution is -2.18. The molecule has 0 unspecified atom stereocenters. The average Bonchev–Trinajstić information content (AvgIpc) is 2.34. The number of carbonyl (C=O) groups is 1. The minimum Gasteiger partial charge on any atom is -0.462 e. The van der Waals surface area contributed by atoms with Crippen LogP contribution in [0.25, 0.3) is 0 Å². The molecule has 0 saturated carbocycles. The standard InChI is InChI=1S/C10H11FN2O6S/c1-2-3-19-10(14)7-4-6(13(15)16)5-8(9(7)11)20(12,17)18/h4-5H,2-3H2,1H3,(H2,12,17,18). The van der Waals surface area contributed by atoms with E-state index in [1.807, 2.05) is 0 Å². The van der Waals surface area contributed by atoms with E-state index in [1.54, 1.807) is 6.92 Å². The fourth-order valence-electron chi connectivity index (χ4n) is 1.32. The zero-order valence-electron chi connectivity index (χ0n) is 10.3. The first-order valence-corrected chi connectivity index (χ1v) is 6.91. The molecule has 0 aliphatic rings. The van der Waals surface area contributed by atoms with Crippen LogP contribution in [0, 0.1) is 15.9 Å². The summed E-state index contributed by atoms with van der Waals surface area (Å²) in [4.78, 5) is 20.1. The van der Waals surface area contributed by atoms with Gasteiger partial charge in [-0.3, -0.25) is 10.1 Å². The van der Waals surface area contributed by atoms with Crippen molar-refractivity contribution in [3.63, 3.8) is 0 Å². The number of carbonyl (C=O) groups excluding carboxylic acids is 1. The van der Waals surface area contributed by atoms with Crippen molar-refractivity contribution >= 4 is 21.7 Å². The van der Waals surface area contributed by atoms with E-state index in [4.69, 9.17) is 5.14 Å². The summed E-state index contributed by atoms with van der Waals surface area (Å²) in [5.74, 6) is -2.67. The van der Waals surface area contributed by atoms with E-state index >= 15 is 0 Å². The second kappa shape index (κ2) is 5.92. The van der Waals surface area contributed by atoms with Gasteiger partial charge in [-0.2, -0.15) is 0 Å². The van der Waals surface area contributed by atoms with E-state index in [9.17, 15) is 27.7 Å². The number of nitrogens with two attached hydrogens (primary N) is 1. The Morgan fingerprint density at radius 1 is 1.50 bits per heavy atom. The third-order valence-corrected chi connectivity index (χ3v) is 3.11. The van der Waals surface area contributed by atoms with Crippen molar-refractivity contribution in [3.05, 3.63) is 33.6 Å². The molecule has 0 aliphatic heterocycles. The normalized spacial score (nSPS) is 11.2. The molecule has 2 N–H and O–H groups in total. The molecule has 0 bridgehead atoms. The van der Waals surface area contributed by atoms with Crippen molar-refractivity contribution in [1.29, 1.82) is 0 Å². The highest BCUT2D eigenvalue weighted by atomic mass is 32.2. The van der Waals surface area contributed by atoms with Crippen LogP contribution in [0.1, 0.15) is 23.7 Å². The number of non-ortho nitro benzene ring substituents is 1. The number of rotatable bonds is 5. The number of nitro benzene ring substituents is 1. The van der Waals surface area contributed by atoms with Gasteiger partial charge in [0.15, 0.2) is 5.82 Å².